The fourth-order valence-corrected chi connectivity index (χ4v) is 2.83. The van der Waals surface area contributed by atoms with Gasteiger partial charge in [-0.1, -0.05) is 35.0 Å². The maximum atomic E-state index is 10.1. The van der Waals surface area contributed by atoms with Crippen LogP contribution in [0.4, 0.5) is 0 Å². The molecule has 2 heterocycles. The first-order valence-electron chi connectivity index (χ1n) is 8.95. The monoisotopic (exact) mass is 371 g/mol. The fraction of sp³-hybridized carbons (Fsp3) is 0.400. The molecule has 1 aromatic carbocycles. The Kier molecular flexibility index (Phi) is 6.75. The van der Waals surface area contributed by atoms with Crippen molar-refractivity contribution in [3.05, 3.63) is 59.9 Å². The summed E-state index contributed by atoms with van der Waals surface area (Å²) in [5.41, 5.74) is 2.12. The minimum Gasteiger partial charge on any atom is -0.468 e. The summed E-state index contributed by atoms with van der Waals surface area (Å²) in [7, 11) is 1.57. The van der Waals surface area contributed by atoms with Gasteiger partial charge in [0, 0.05) is 32.2 Å². The number of furan rings is 1. The number of hydrogen-bond donors (Lipinski definition) is 1. The summed E-state index contributed by atoms with van der Waals surface area (Å²) >= 11 is 0. The Morgan fingerprint density at radius 3 is 2.74 bits per heavy atom. The number of ether oxygens (including phenoxy) is 1. The van der Waals surface area contributed by atoms with E-state index in [0.717, 1.165) is 11.3 Å². The molecule has 3 rings (SSSR count). The number of nitrogens with zero attached hydrogens (tertiary/aromatic N) is 3. The Morgan fingerprint density at radius 1 is 1.22 bits per heavy atom. The van der Waals surface area contributed by atoms with Crippen LogP contribution in [-0.4, -0.2) is 53.1 Å². The second-order valence-electron chi connectivity index (χ2n) is 6.55. The third-order valence-electron chi connectivity index (χ3n) is 4.21. The van der Waals surface area contributed by atoms with Crippen molar-refractivity contribution < 1.29 is 18.8 Å². The molecule has 7 heteroatoms. The zero-order chi connectivity index (χ0) is 19.1. The Balaban J connectivity index is 1.61. The van der Waals surface area contributed by atoms with Crippen LogP contribution in [-0.2, 0) is 17.7 Å². The van der Waals surface area contributed by atoms with Gasteiger partial charge >= 0.3 is 0 Å². The molecule has 0 fully saturated rings. The van der Waals surface area contributed by atoms with Crippen LogP contribution in [0.2, 0.25) is 0 Å². The van der Waals surface area contributed by atoms with Crippen molar-refractivity contribution in [3.63, 3.8) is 0 Å². The number of methoxy groups -OCH3 is 1. The number of aliphatic hydroxyl groups is 1. The van der Waals surface area contributed by atoms with Gasteiger partial charge in [-0.05, 0) is 19.1 Å². The SMILES string of the molecule is COC[C@H](O)CN(CCc1nc(-c2ccc(C)cc2)no1)Cc1ccco1. The minimum absolute atomic E-state index is 0.285. The molecule has 1 N–H and O–H groups in total. The van der Waals surface area contributed by atoms with E-state index in [0.29, 0.717) is 37.8 Å². The summed E-state index contributed by atoms with van der Waals surface area (Å²) in [6, 6.07) is 11.8. The van der Waals surface area contributed by atoms with E-state index in [2.05, 4.69) is 15.0 Å². The number of hydrogen-bond acceptors (Lipinski definition) is 7. The molecular formula is C20H25N3O4. The maximum Gasteiger partial charge on any atom is 0.228 e. The average Bonchev–Trinajstić information content (AvgIpc) is 3.32. The van der Waals surface area contributed by atoms with E-state index in [9.17, 15) is 5.11 Å². The van der Waals surface area contributed by atoms with Gasteiger partial charge in [0.1, 0.15) is 5.76 Å². The summed E-state index contributed by atoms with van der Waals surface area (Å²) in [5, 5.41) is 14.1. The normalized spacial score (nSPS) is 12.6. The number of aryl methyl sites for hydroxylation is 1. The van der Waals surface area contributed by atoms with Crippen LogP contribution in [0, 0.1) is 6.92 Å². The van der Waals surface area contributed by atoms with Crippen LogP contribution in [0.5, 0.6) is 0 Å². The predicted octanol–water partition coefficient (Wildman–Crippen LogP) is 2.69. The molecule has 1 atom stereocenters. The number of aromatic nitrogens is 2. The molecule has 0 saturated carbocycles. The molecular weight excluding hydrogens is 346 g/mol. The van der Waals surface area contributed by atoms with E-state index in [-0.39, 0.29) is 6.61 Å². The van der Waals surface area contributed by atoms with E-state index >= 15 is 0 Å². The topological polar surface area (TPSA) is 84.8 Å². The first kappa shape index (κ1) is 19.3. The predicted molar refractivity (Wildman–Crippen MR) is 100 cm³/mol. The molecule has 0 spiro atoms. The van der Waals surface area contributed by atoms with Gasteiger partial charge < -0.3 is 18.8 Å². The van der Waals surface area contributed by atoms with E-state index in [1.165, 1.54) is 5.56 Å². The van der Waals surface area contributed by atoms with Crippen molar-refractivity contribution in [1.82, 2.24) is 15.0 Å². The molecule has 7 nitrogen and oxygen atoms in total. The van der Waals surface area contributed by atoms with Crippen LogP contribution < -0.4 is 0 Å². The molecule has 27 heavy (non-hydrogen) atoms. The lowest BCUT2D eigenvalue weighted by atomic mass is 10.1. The van der Waals surface area contributed by atoms with Crippen molar-refractivity contribution >= 4 is 0 Å². The average molecular weight is 371 g/mol. The van der Waals surface area contributed by atoms with Gasteiger partial charge in [0.15, 0.2) is 0 Å². The highest BCUT2D eigenvalue weighted by Crippen LogP contribution is 2.17. The highest BCUT2D eigenvalue weighted by atomic mass is 16.5. The molecule has 0 aliphatic heterocycles. The van der Waals surface area contributed by atoms with Gasteiger partial charge in [-0.2, -0.15) is 4.98 Å². The third kappa shape index (κ3) is 5.75. The smallest absolute Gasteiger partial charge is 0.228 e. The Hall–Kier alpha value is -2.48. The van der Waals surface area contributed by atoms with Crippen molar-refractivity contribution in [2.24, 2.45) is 0 Å². The van der Waals surface area contributed by atoms with Gasteiger partial charge in [-0.15, -0.1) is 0 Å². The van der Waals surface area contributed by atoms with E-state index in [1.807, 2.05) is 43.3 Å². The zero-order valence-electron chi connectivity index (χ0n) is 15.7. The molecule has 0 saturated heterocycles. The van der Waals surface area contributed by atoms with E-state index < -0.39 is 6.10 Å². The van der Waals surface area contributed by atoms with Crippen LogP contribution in [0.25, 0.3) is 11.4 Å². The van der Waals surface area contributed by atoms with Crippen molar-refractivity contribution in [3.8, 4) is 11.4 Å². The third-order valence-corrected chi connectivity index (χ3v) is 4.21. The quantitative estimate of drug-likeness (QED) is 0.586. The molecule has 0 amide bonds. The molecule has 0 radical (unpaired) electrons. The highest BCUT2D eigenvalue weighted by Gasteiger charge is 2.16. The summed E-state index contributed by atoms with van der Waals surface area (Å²) in [6.45, 7) is 4.03. The molecule has 0 unspecified atom stereocenters. The number of rotatable bonds is 10. The highest BCUT2D eigenvalue weighted by molar-refractivity contribution is 5.54. The van der Waals surface area contributed by atoms with Gasteiger partial charge in [0.05, 0.1) is 25.5 Å². The summed E-state index contributed by atoms with van der Waals surface area (Å²) in [6.07, 6.45) is 1.65. The molecule has 2 aromatic heterocycles. The summed E-state index contributed by atoms with van der Waals surface area (Å²) in [5.74, 6) is 1.99. The van der Waals surface area contributed by atoms with Gasteiger partial charge in [-0.3, -0.25) is 4.90 Å². The number of aliphatic hydroxyl groups excluding tert-OH is 1. The maximum absolute atomic E-state index is 10.1. The van der Waals surface area contributed by atoms with Crippen LogP contribution in [0.3, 0.4) is 0 Å². The standard InChI is InChI=1S/C20H25N3O4/c1-15-5-7-16(8-6-15)20-21-19(27-22-20)9-10-23(12-17(24)14-25-2)13-18-4-3-11-26-18/h3-8,11,17,24H,9-10,12-14H2,1-2H3/t17-/m1/s1. The molecule has 0 bridgehead atoms. The van der Waals surface area contributed by atoms with Crippen LogP contribution in [0.15, 0.2) is 51.6 Å². The van der Waals surface area contributed by atoms with E-state index in [1.54, 1.807) is 13.4 Å². The van der Waals surface area contributed by atoms with Gasteiger partial charge in [-0.25, -0.2) is 0 Å². The largest absolute Gasteiger partial charge is 0.468 e. The second kappa shape index (κ2) is 9.45. The lowest BCUT2D eigenvalue weighted by molar-refractivity contribution is 0.0341. The first-order valence-corrected chi connectivity index (χ1v) is 8.95. The van der Waals surface area contributed by atoms with Gasteiger partial charge in [0.25, 0.3) is 0 Å². The zero-order valence-corrected chi connectivity index (χ0v) is 15.7. The Bertz CT molecular complexity index is 799. The lowest BCUT2D eigenvalue weighted by Gasteiger charge is -2.23. The van der Waals surface area contributed by atoms with Crippen LogP contribution >= 0.6 is 0 Å². The van der Waals surface area contributed by atoms with Crippen molar-refractivity contribution in [1.29, 1.82) is 0 Å². The molecule has 0 aliphatic carbocycles. The molecule has 3 aromatic rings. The van der Waals surface area contributed by atoms with E-state index in [4.69, 9.17) is 13.7 Å². The Morgan fingerprint density at radius 2 is 2.04 bits per heavy atom. The second-order valence-corrected chi connectivity index (χ2v) is 6.55. The molecule has 144 valence electrons. The van der Waals surface area contributed by atoms with Gasteiger partial charge in [0.2, 0.25) is 11.7 Å². The molecule has 0 aliphatic rings. The van der Waals surface area contributed by atoms with Crippen molar-refractivity contribution in [2.75, 3.05) is 26.8 Å². The fourth-order valence-electron chi connectivity index (χ4n) is 2.83. The summed E-state index contributed by atoms with van der Waals surface area (Å²) < 4.78 is 15.8. The minimum atomic E-state index is -0.573. The summed E-state index contributed by atoms with van der Waals surface area (Å²) in [4.78, 5) is 6.56. The first-order chi connectivity index (χ1) is 13.1. The Labute approximate surface area is 158 Å². The van der Waals surface area contributed by atoms with Crippen molar-refractivity contribution in [2.45, 2.75) is 26.0 Å². The lowest BCUT2D eigenvalue weighted by Crippen LogP contribution is -2.35. The van der Waals surface area contributed by atoms with Crippen LogP contribution in [0.1, 0.15) is 17.2 Å². The number of benzene rings is 1.